The molecule has 0 spiro atoms. The van der Waals surface area contributed by atoms with E-state index in [-0.39, 0.29) is 11.4 Å². The van der Waals surface area contributed by atoms with E-state index < -0.39 is 0 Å². The number of aryl methyl sites for hydroxylation is 1. The van der Waals surface area contributed by atoms with E-state index in [1.807, 2.05) is 11.0 Å². The minimum atomic E-state index is -0.268. The molecule has 3 rings (SSSR count). The summed E-state index contributed by atoms with van der Waals surface area (Å²) in [5, 5.41) is 2.11. The van der Waals surface area contributed by atoms with Gasteiger partial charge in [0.25, 0.3) is 5.91 Å². The third kappa shape index (κ3) is 4.67. The van der Waals surface area contributed by atoms with Crippen molar-refractivity contribution in [1.82, 2.24) is 4.90 Å². The fourth-order valence-corrected chi connectivity index (χ4v) is 4.56. The molecule has 0 aliphatic carbocycles. The van der Waals surface area contributed by atoms with Crippen molar-refractivity contribution in [2.75, 3.05) is 27.3 Å². The molecule has 1 aliphatic rings. The van der Waals surface area contributed by atoms with Gasteiger partial charge in [0.15, 0.2) is 11.5 Å². The summed E-state index contributed by atoms with van der Waals surface area (Å²) in [6, 6.07) is 7.90. The van der Waals surface area contributed by atoms with Crippen LogP contribution in [0.2, 0.25) is 0 Å². The Morgan fingerprint density at radius 3 is 2.71 bits per heavy atom. The first-order valence-electron chi connectivity index (χ1n) is 9.79. The van der Waals surface area contributed by atoms with Crippen LogP contribution in [0, 0.1) is 0 Å². The van der Waals surface area contributed by atoms with E-state index >= 15 is 0 Å². The summed E-state index contributed by atoms with van der Waals surface area (Å²) < 4.78 is 10.8. The van der Waals surface area contributed by atoms with Gasteiger partial charge in [-0.05, 0) is 62.6 Å². The molecule has 0 saturated carbocycles. The Kier molecular flexibility index (Phi) is 6.62. The monoisotopic (exact) mass is 402 g/mol. The zero-order valence-electron chi connectivity index (χ0n) is 17.0. The second kappa shape index (κ2) is 8.97. The molecule has 6 heteroatoms. The number of hydrogen-bond donors (Lipinski definition) is 1. The average molecular weight is 403 g/mol. The minimum Gasteiger partial charge on any atom is -0.493 e. The molecule has 0 saturated heterocycles. The van der Waals surface area contributed by atoms with E-state index in [0.29, 0.717) is 30.2 Å². The summed E-state index contributed by atoms with van der Waals surface area (Å²) in [4.78, 5) is 16.3. The number of nitrogens with two attached hydrogens (primary N) is 1. The number of methoxy groups -OCH3 is 2. The molecule has 1 unspecified atom stereocenters. The van der Waals surface area contributed by atoms with E-state index in [0.717, 1.165) is 37.7 Å². The summed E-state index contributed by atoms with van der Waals surface area (Å²) in [6.07, 6.45) is 4.66. The Labute approximate surface area is 171 Å². The number of hydrogen-bond acceptors (Lipinski definition) is 5. The SMILES string of the molecule is COc1ccc2c(c1OC)CCN(CCC(C)(N)CCCc1cccs1)C2=O. The van der Waals surface area contributed by atoms with Crippen LogP contribution in [0.25, 0.3) is 0 Å². The highest BCUT2D eigenvalue weighted by Gasteiger charge is 2.29. The molecule has 1 atom stereocenters. The van der Waals surface area contributed by atoms with Crippen molar-refractivity contribution in [2.45, 2.75) is 44.6 Å². The number of carbonyl (C=O) groups is 1. The lowest BCUT2D eigenvalue weighted by Crippen LogP contribution is -2.44. The number of thiophene rings is 1. The number of amides is 1. The highest BCUT2D eigenvalue weighted by molar-refractivity contribution is 7.09. The Morgan fingerprint density at radius 2 is 2.04 bits per heavy atom. The fraction of sp³-hybridized carbons (Fsp3) is 0.500. The van der Waals surface area contributed by atoms with Crippen LogP contribution in [0.3, 0.4) is 0 Å². The third-order valence-electron chi connectivity index (χ3n) is 5.50. The maximum Gasteiger partial charge on any atom is 0.254 e. The van der Waals surface area contributed by atoms with Gasteiger partial charge in [-0.2, -0.15) is 0 Å². The van der Waals surface area contributed by atoms with Crippen LogP contribution in [0.1, 0.15) is 47.0 Å². The Hall–Kier alpha value is -2.05. The van der Waals surface area contributed by atoms with Gasteiger partial charge in [-0.3, -0.25) is 4.79 Å². The van der Waals surface area contributed by atoms with Crippen LogP contribution in [0.15, 0.2) is 29.6 Å². The van der Waals surface area contributed by atoms with Crippen molar-refractivity contribution in [3.8, 4) is 11.5 Å². The van der Waals surface area contributed by atoms with Gasteiger partial charge in [0.2, 0.25) is 0 Å². The van der Waals surface area contributed by atoms with Crippen LogP contribution in [-0.4, -0.2) is 43.7 Å². The molecule has 1 aromatic carbocycles. The van der Waals surface area contributed by atoms with Crippen LogP contribution >= 0.6 is 11.3 Å². The second-order valence-corrected chi connectivity index (χ2v) is 8.74. The molecule has 152 valence electrons. The highest BCUT2D eigenvalue weighted by Crippen LogP contribution is 2.36. The maximum absolute atomic E-state index is 13.0. The molecular formula is C22H30N2O3S. The topological polar surface area (TPSA) is 64.8 Å². The second-order valence-electron chi connectivity index (χ2n) is 7.71. The molecule has 2 N–H and O–H groups in total. The molecule has 2 heterocycles. The molecule has 1 amide bonds. The molecule has 0 radical (unpaired) electrons. The van der Waals surface area contributed by atoms with Crippen molar-refractivity contribution >= 4 is 17.2 Å². The van der Waals surface area contributed by atoms with Crippen LogP contribution < -0.4 is 15.2 Å². The zero-order valence-corrected chi connectivity index (χ0v) is 17.8. The molecule has 0 bridgehead atoms. The number of benzene rings is 1. The Balaban J connectivity index is 1.57. The number of ether oxygens (including phenoxy) is 2. The Bertz CT molecular complexity index is 802. The van der Waals surface area contributed by atoms with Crippen molar-refractivity contribution < 1.29 is 14.3 Å². The van der Waals surface area contributed by atoms with Gasteiger partial charge in [-0.1, -0.05) is 6.07 Å². The first-order valence-corrected chi connectivity index (χ1v) is 10.7. The molecule has 2 aromatic rings. The standard InChI is InChI=1S/C22H30N2O3S/c1-22(23,11-4-6-16-7-5-15-28-16)12-14-24-13-10-17-18(21(24)25)8-9-19(26-2)20(17)27-3/h5,7-9,15H,4,6,10-14,23H2,1-3H3. The summed E-state index contributed by atoms with van der Waals surface area (Å²) in [7, 11) is 3.23. The van der Waals surface area contributed by atoms with Crippen LogP contribution in [-0.2, 0) is 12.8 Å². The predicted octanol–water partition coefficient (Wildman–Crippen LogP) is 3.89. The lowest BCUT2D eigenvalue weighted by atomic mass is 9.91. The molecular weight excluding hydrogens is 372 g/mol. The number of carbonyl (C=O) groups excluding carboxylic acids is 1. The summed E-state index contributed by atoms with van der Waals surface area (Å²) in [6.45, 7) is 3.46. The first-order chi connectivity index (χ1) is 13.4. The molecule has 0 fully saturated rings. The van der Waals surface area contributed by atoms with E-state index in [1.165, 1.54) is 4.88 Å². The Morgan fingerprint density at radius 1 is 1.21 bits per heavy atom. The maximum atomic E-state index is 13.0. The summed E-state index contributed by atoms with van der Waals surface area (Å²) in [5.41, 5.74) is 7.91. The van der Waals surface area contributed by atoms with Crippen LogP contribution in [0.4, 0.5) is 0 Å². The first kappa shape index (κ1) is 20.7. The smallest absolute Gasteiger partial charge is 0.254 e. The lowest BCUT2D eigenvalue weighted by Gasteiger charge is -2.33. The van der Waals surface area contributed by atoms with Crippen molar-refractivity contribution in [1.29, 1.82) is 0 Å². The molecule has 28 heavy (non-hydrogen) atoms. The van der Waals surface area contributed by atoms with Crippen molar-refractivity contribution in [3.63, 3.8) is 0 Å². The van der Waals surface area contributed by atoms with Crippen molar-refractivity contribution in [2.24, 2.45) is 5.73 Å². The fourth-order valence-electron chi connectivity index (χ4n) is 3.81. The number of rotatable bonds is 9. The zero-order chi connectivity index (χ0) is 20.1. The lowest BCUT2D eigenvalue weighted by molar-refractivity contribution is 0.0725. The van der Waals surface area contributed by atoms with Gasteiger partial charge in [-0.15, -0.1) is 11.3 Å². The largest absolute Gasteiger partial charge is 0.493 e. The van der Waals surface area contributed by atoms with Gasteiger partial charge >= 0.3 is 0 Å². The molecule has 1 aromatic heterocycles. The number of fused-ring (bicyclic) bond motifs is 1. The summed E-state index contributed by atoms with van der Waals surface area (Å²) >= 11 is 1.80. The van der Waals surface area contributed by atoms with E-state index in [4.69, 9.17) is 15.2 Å². The quantitative estimate of drug-likeness (QED) is 0.691. The van der Waals surface area contributed by atoms with E-state index in [1.54, 1.807) is 31.6 Å². The third-order valence-corrected chi connectivity index (χ3v) is 6.44. The highest BCUT2D eigenvalue weighted by atomic mass is 32.1. The van der Waals surface area contributed by atoms with Gasteiger partial charge in [0.1, 0.15) is 0 Å². The van der Waals surface area contributed by atoms with Gasteiger partial charge in [0, 0.05) is 34.6 Å². The average Bonchev–Trinajstić information content (AvgIpc) is 3.20. The van der Waals surface area contributed by atoms with E-state index in [9.17, 15) is 4.79 Å². The predicted molar refractivity (Wildman–Crippen MR) is 114 cm³/mol. The van der Waals surface area contributed by atoms with Crippen molar-refractivity contribution in [3.05, 3.63) is 45.6 Å². The molecule has 1 aliphatic heterocycles. The molecule has 5 nitrogen and oxygen atoms in total. The van der Waals surface area contributed by atoms with Gasteiger partial charge < -0.3 is 20.1 Å². The van der Waals surface area contributed by atoms with Crippen LogP contribution in [0.5, 0.6) is 11.5 Å². The van der Waals surface area contributed by atoms with Gasteiger partial charge in [0.05, 0.1) is 14.2 Å². The van der Waals surface area contributed by atoms with E-state index in [2.05, 4.69) is 24.4 Å². The summed E-state index contributed by atoms with van der Waals surface area (Å²) in [5.74, 6) is 1.39. The number of nitrogens with zero attached hydrogens (tertiary/aromatic N) is 1. The minimum absolute atomic E-state index is 0.0524. The van der Waals surface area contributed by atoms with Gasteiger partial charge in [-0.25, -0.2) is 0 Å². The normalized spacial score (nSPS) is 15.9.